The molecule has 0 spiro atoms. The van der Waals surface area contributed by atoms with Crippen molar-refractivity contribution in [2.75, 3.05) is 12.0 Å². The number of anilines is 1. The molecule has 39 heavy (non-hydrogen) atoms. The zero-order valence-electron chi connectivity index (χ0n) is 21.8. The first kappa shape index (κ1) is 25.7. The van der Waals surface area contributed by atoms with E-state index >= 15 is 0 Å². The number of ether oxygens (including phenoxy) is 1. The third-order valence-corrected chi connectivity index (χ3v) is 6.48. The molecule has 1 atom stereocenters. The Hall–Kier alpha value is -4.98. The predicted octanol–water partition coefficient (Wildman–Crippen LogP) is 4.84. The summed E-state index contributed by atoms with van der Waals surface area (Å²) in [5.74, 6) is -0.0309. The molecule has 5 rings (SSSR count). The van der Waals surface area contributed by atoms with E-state index in [0.29, 0.717) is 29.1 Å². The number of nitrogens with zero attached hydrogens (tertiary/aromatic N) is 4. The number of hydrogen-bond acceptors (Lipinski definition) is 5. The maximum absolute atomic E-state index is 14.1. The van der Waals surface area contributed by atoms with Gasteiger partial charge in [-0.1, -0.05) is 71.9 Å². The molecule has 5 aromatic rings. The summed E-state index contributed by atoms with van der Waals surface area (Å²) < 4.78 is 7.02. The van der Waals surface area contributed by atoms with Crippen molar-refractivity contribution in [1.82, 2.24) is 20.3 Å². The average molecular weight is 520 g/mol. The van der Waals surface area contributed by atoms with Crippen molar-refractivity contribution in [2.24, 2.45) is 0 Å². The molecule has 0 radical (unpaired) electrons. The molecular formula is C31H29N5O3. The summed E-state index contributed by atoms with van der Waals surface area (Å²) in [4.78, 5) is 29.6. The number of nitrogens with one attached hydrogen (secondary N) is 1. The fourth-order valence-corrected chi connectivity index (χ4v) is 4.56. The molecule has 1 aromatic heterocycles. The Balaban J connectivity index is 1.57. The van der Waals surface area contributed by atoms with Crippen molar-refractivity contribution in [3.8, 4) is 5.75 Å². The number of aryl methyl sites for hydroxylation is 1. The van der Waals surface area contributed by atoms with E-state index in [0.717, 1.165) is 16.6 Å². The van der Waals surface area contributed by atoms with Gasteiger partial charge in [-0.3, -0.25) is 14.5 Å². The topological polar surface area (TPSA) is 89.4 Å². The number of carbonyl (C=O) groups excluding carboxylic acids is 2. The van der Waals surface area contributed by atoms with Gasteiger partial charge in [0.2, 0.25) is 11.8 Å². The summed E-state index contributed by atoms with van der Waals surface area (Å²) in [6.07, 6.45) is 0. The predicted molar refractivity (Wildman–Crippen MR) is 150 cm³/mol. The molecule has 0 aliphatic rings. The van der Waals surface area contributed by atoms with E-state index in [4.69, 9.17) is 4.74 Å². The number of aromatic nitrogens is 3. The van der Waals surface area contributed by atoms with Crippen LogP contribution in [0.1, 0.15) is 22.7 Å². The van der Waals surface area contributed by atoms with Crippen LogP contribution >= 0.6 is 0 Å². The molecule has 1 heterocycles. The average Bonchev–Trinajstić information content (AvgIpc) is 3.37. The van der Waals surface area contributed by atoms with E-state index in [1.54, 1.807) is 22.8 Å². The highest BCUT2D eigenvalue weighted by Crippen LogP contribution is 2.31. The molecule has 1 N–H and O–H groups in total. The maximum atomic E-state index is 14.1. The van der Waals surface area contributed by atoms with Gasteiger partial charge in [0.05, 0.1) is 12.6 Å². The van der Waals surface area contributed by atoms with Crippen molar-refractivity contribution in [3.05, 3.63) is 120 Å². The molecule has 0 unspecified atom stereocenters. The molecule has 0 aliphatic carbocycles. The van der Waals surface area contributed by atoms with E-state index in [9.17, 15) is 9.59 Å². The monoisotopic (exact) mass is 519 g/mol. The second-order valence-electron chi connectivity index (χ2n) is 9.22. The first-order valence-electron chi connectivity index (χ1n) is 12.7. The highest BCUT2D eigenvalue weighted by molar-refractivity contribution is 6.01. The lowest BCUT2D eigenvalue weighted by Crippen LogP contribution is -2.45. The van der Waals surface area contributed by atoms with Gasteiger partial charge in [0.1, 0.15) is 23.9 Å². The van der Waals surface area contributed by atoms with Crippen LogP contribution in [0.4, 0.5) is 5.69 Å². The Labute approximate surface area is 226 Å². The van der Waals surface area contributed by atoms with Gasteiger partial charge in [0.25, 0.3) is 0 Å². The van der Waals surface area contributed by atoms with Crippen LogP contribution in [-0.4, -0.2) is 33.9 Å². The summed E-state index contributed by atoms with van der Waals surface area (Å²) >= 11 is 0. The number of amides is 2. The standard InChI is InChI=1S/C31H29N5O3/c1-22-10-8-14-25(18-22)36(29(37)21-35-28-17-7-6-16-27(28)33-34-35)30(24-13-9-15-26(19-24)39-2)31(38)32-20-23-11-4-3-5-12-23/h3-19,30H,20-21H2,1-2H3,(H,32,38)/t30-/m1/s1. The molecule has 8 heteroatoms. The molecule has 0 saturated carbocycles. The Bertz CT molecular complexity index is 1600. The Morgan fingerprint density at radius 3 is 2.49 bits per heavy atom. The number of rotatable bonds is 9. The van der Waals surface area contributed by atoms with Crippen LogP contribution in [0.15, 0.2) is 103 Å². The Morgan fingerprint density at radius 2 is 1.69 bits per heavy atom. The zero-order valence-corrected chi connectivity index (χ0v) is 21.8. The maximum Gasteiger partial charge on any atom is 0.249 e. The van der Waals surface area contributed by atoms with Crippen molar-refractivity contribution >= 4 is 28.5 Å². The van der Waals surface area contributed by atoms with Gasteiger partial charge in [-0.05, 0) is 60.0 Å². The molecule has 196 valence electrons. The highest BCUT2D eigenvalue weighted by atomic mass is 16.5. The molecule has 8 nitrogen and oxygen atoms in total. The largest absolute Gasteiger partial charge is 0.497 e. The smallest absolute Gasteiger partial charge is 0.249 e. The third kappa shape index (κ3) is 5.80. The van der Waals surface area contributed by atoms with Crippen LogP contribution in [0.5, 0.6) is 5.75 Å². The molecule has 0 saturated heterocycles. The Kier molecular flexibility index (Phi) is 7.63. The van der Waals surface area contributed by atoms with Gasteiger partial charge in [0.15, 0.2) is 0 Å². The second-order valence-corrected chi connectivity index (χ2v) is 9.22. The van der Waals surface area contributed by atoms with Crippen LogP contribution in [0.2, 0.25) is 0 Å². The first-order valence-corrected chi connectivity index (χ1v) is 12.7. The first-order chi connectivity index (χ1) is 19.0. The van der Waals surface area contributed by atoms with Crippen molar-refractivity contribution in [2.45, 2.75) is 26.1 Å². The summed E-state index contributed by atoms with van der Waals surface area (Å²) in [6.45, 7) is 2.18. The lowest BCUT2D eigenvalue weighted by molar-refractivity contribution is -0.127. The van der Waals surface area contributed by atoms with E-state index in [1.807, 2.05) is 104 Å². The summed E-state index contributed by atoms with van der Waals surface area (Å²) in [7, 11) is 1.57. The lowest BCUT2D eigenvalue weighted by atomic mass is 10.0. The van der Waals surface area contributed by atoms with Crippen LogP contribution in [0.25, 0.3) is 11.0 Å². The number of hydrogen-bond donors (Lipinski definition) is 1. The summed E-state index contributed by atoms with van der Waals surface area (Å²) in [5, 5.41) is 11.4. The minimum Gasteiger partial charge on any atom is -0.497 e. The van der Waals surface area contributed by atoms with Gasteiger partial charge in [0, 0.05) is 12.2 Å². The minimum absolute atomic E-state index is 0.0963. The molecule has 0 fully saturated rings. The molecular weight excluding hydrogens is 490 g/mol. The molecule has 4 aromatic carbocycles. The minimum atomic E-state index is -0.965. The van der Waals surface area contributed by atoms with Crippen molar-refractivity contribution < 1.29 is 14.3 Å². The fraction of sp³-hybridized carbons (Fsp3) is 0.161. The SMILES string of the molecule is COc1cccc([C@H](C(=O)NCc2ccccc2)N(C(=O)Cn2nnc3ccccc32)c2cccc(C)c2)c1. The van der Waals surface area contributed by atoms with Gasteiger partial charge in [-0.15, -0.1) is 5.10 Å². The van der Waals surface area contributed by atoms with E-state index in [-0.39, 0.29) is 18.4 Å². The fourth-order valence-electron chi connectivity index (χ4n) is 4.56. The van der Waals surface area contributed by atoms with Crippen molar-refractivity contribution in [3.63, 3.8) is 0 Å². The van der Waals surface area contributed by atoms with Crippen LogP contribution in [0.3, 0.4) is 0 Å². The summed E-state index contributed by atoms with van der Waals surface area (Å²) in [5.41, 5.74) is 4.58. The quantitative estimate of drug-likeness (QED) is 0.301. The molecule has 2 amide bonds. The van der Waals surface area contributed by atoms with Gasteiger partial charge >= 0.3 is 0 Å². The second kappa shape index (κ2) is 11.6. The van der Waals surface area contributed by atoms with Gasteiger partial charge in [-0.2, -0.15) is 0 Å². The summed E-state index contributed by atoms with van der Waals surface area (Å²) in [6, 6.07) is 31.0. The number of benzene rings is 4. The van der Waals surface area contributed by atoms with Crippen LogP contribution in [0, 0.1) is 6.92 Å². The zero-order chi connectivity index (χ0) is 27.2. The Morgan fingerprint density at radius 1 is 0.923 bits per heavy atom. The van der Waals surface area contributed by atoms with Crippen LogP contribution < -0.4 is 15.0 Å². The molecule has 0 bridgehead atoms. The van der Waals surface area contributed by atoms with E-state index in [2.05, 4.69) is 15.6 Å². The normalized spacial score (nSPS) is 11.6. The number of para-hydroxylation sites is 1. The van der Waals surface area contributed by atoms with Crippen LogP contribution in [-0.2, 0) is 22.7 Å². The van der Waals surface area contributed by atoms with E-state index < -0.39 is 6.04 Å². The lowest BCUT2D eigenvalue weighted by Gasteiger charge is -2.32. The van der Waals surface area contributed by atoms with Gasteiger partial charge < -0.3 is 10.1 Å². The molecule has 0 aliphatic heterocycles. The highest BCUT2D eigenvalue weighted by Gasteiger charge is 2.33. The van der Waals surface area contributed by atoms with Gasteiger partial charge in [-0.25, -0.2) is 4.68 Å². The van der Waals surface area contributed by atoms with E-state index in [1.165, 1.54) is 0 Å². The van der Waals surface area contributed by atoms with Crippen molar-refractivity contribution in [1.29, 1.82) is 0 Å². The third-order valence-electron chi connectivity index (χ3n) is 6.48. The number of fused-ring (bicyclic) bond motifs is 1. The number of carbonyl (C=O) groups is 2. The number of methoxy groups -OCH3 is 1.